The number of nitrogen functional groups attached to an aromatic ring is 1. The van der Waals surface area contributed by atoms with Crippen LogP contribution in [0.2, 0.25) is 0 Å². The molecule has 5 heteroatoms. The number of hydrazine groups is 1. The van der Waals surface area contributed by atoms with Gasteiger partial charge in [0.15, 0.2) is 0 Å². The summed E-state index contributed by atoms with van der Waals surface area (Å²) in [7, 11) is 0. The van der Waals surface area contributed by atoms with E-state index in [-0.39, 0.29) is 13.2 Å². The Hall–Kier alpha value is -2.97. The first kappa shape index (κ1) is 15.4. The zero-order valence-electron chi connectivity index (χ0n) is 12.0. The van der Waals surface area contributed by atoms with Crippen molar-refractivity contribution in [2.45, 2.75) is 6.61 Å². The van der Waals surface area contributed by atoms with Crippen molar-refractivity contribution in [2.24, 2.45) is 5.84 Å². The maximum absolute atomic E-state index is 11.5. The fourth-order valence-corrected chi connectivity index (χ4v) is 1.75. The Morgan fingerprint density at radius 3 is 2.59 bits per heavy atom. The second-order valence-corrected chi connectivity index (χ2v) is 4.41. The Labute approximate surface area is 129 Å². The van der Waals surface area contributed by atoms with Crippen LogP contribution in [0.3, 0.4) is 0 Å². The third kappa shape index (κ3) is 4.85. The first-order chi connectivity index (χ1) is 10.8. The summed E-state index contributed by atoms with van der Waals surface area (Å²) in [6.45, 7) is 0.437. The number of carbonyl (C=O) groups is 1. The van der Waals surface area contributed by atoms with Gasteiger partial charge in [-0.25, -0.2) is 4.79 Å². The van der Waals surface area contributed by atoms with Gasteiger partial charge in [0, 0.05) is 5.56 Å². The quantitative estimate of drug-likeness (QED) is 0.459. The fourth-order valence-electron chi connectivity index (χ4n) is 1.75. The normalized spacial score (nSPS) is 9.32. The Balaban J connectivity index is 1.77. The maximum Gasteiger partial charge on any atom is 0.408 e. The molecule has 0 aliphatic heterocycles. The highest BCUT2D eigenvalue weighted by molar-refractivity contribution is 5.67. The summed E-state index contributed by atoms with van der Waals surface area (Å²) >= 11 is 0. The molecule has 0 aliphatic rings. The molecule has 2 rings (SSSR count). The number of para-hydroxylation sites is 1. The Kier molecular flexibility index (Phi) is 5.85. The summed E-state index contributed by atoms with van der Waals surface area (Å²) in [5.74, 6) is 11.2. The summed E-state index contributed by atoms with van der Waals surface area (Å²) in [5, 5.41) is 2.57. The largest absolute Gasteiger partial charge is 0.445 e. The summed E-state index contributed by atoms with van der Waals surface area (Å²) in [6, 6.07) is 16.9. The molecule has 5 nitrogen and oxygen atoms in total. The van der Waals surface area contributed by atoms with Crippen molar-refractivity contribution >= 4 is 11.8 Å². The SMILES string of the molecule is NNc1ccccc1C#CCNC(=O)OCc1ccccc1. The average molecular weight is 295 g/mol. The Bertz CT molecular complexity index is 675. The molecule has 0 fully saturated rings. The smallest absolute Gasteiger partial charge is 0.408 e. The van der Waals surface area contributed by atoms with Gasteiger partial charge in [0.1, 0.15) is 6.61 Å². The lowest BCUT2D eigenvalue weighted by Gasteiger charge is -2.04. The third-order valence-corrected chi connectivity index (χ3v) is 2.84. The molecule has 0 atom stereocenters. The van der Waals surface area contributed by atoms with Crippen LogP contribution < -0.4 is 16.6 Å². The summed E-state index contributed by atoms with van der Waals surface area (Å²) in [4.78, 5) is 11.5. The minimum Gasteiger partial charge on any atom is -0.445 e. The molecule has 0 saturated carbocycles. The summed E-state index contributed by atoms with van der Waals surface area (Å²) in [6.07, 6.45) is -0.497. The van der Waals surface area contributed by atoms with E-state index in [0.29, 0.717) is 0 Å². The van der Waals surface area contributed by atoms with E-state index in [1.54, 1.807) is 0 Å². The van der Waals surface area contributed by atoms with Gasteiger partial charge in [-0.2, -0.15) is 0 Å². The monoisotopic (exact) mass is 295 g/mol. The lowest BCUT2D eigenvalue weighted by Crippen LogP contribution is -2.24. The van der Waals surface area contributed by atoms with E-state index in [4.69, 9.17) is 10.6 Å². The van der Waals surface area contributed by atoms with Crippen molar-refractivity contribution in [1.29, 1.82) is 0 Å². The molecule has 2 aromatic carbocycles. The molecule has 0 unspecified atom stereocenters. The van der Waals surface area contributed by atoms with E-state index >= 15 is 0 Å². The zero-order chi connectivity index (χ0) is 15.6. The molecule has 0 aromatic heterocycles. The van der Waals surface area contributed by atoms with E-state index in [0.717, 1.165) is 16.8 Å². The molecule has 1 amide bonds. The lowest BCUT2D eigenvalue weighted by molar-refractivity contribution is 0.141. The topological polar surface area (TPSA) is 76.4 Å². The highest BCUT2D eigenvalue weighted by Gasteiger charge is 2.00. The van der Waals surface area contributed by atoms with Crippen LogP contribution in [0, 0.1) is 11.8 Å². The van der Waals surface area contributed by atoms with Crippen molar-refractivity contribution < 1.29 is 9.53 Å². The van der Waals surface area contributed by atoms with Gasteiger partial charge in [-0.15, -0.1) is 0 Å². The Morgan fingerprint density at radius 2 is 1.82 bits per heavy atom. The summed E-state index contributed by atoms with van der Waals surface area (Å²) < 4.78 is 5.08. The molecule has 0 aliphatic carbocycles. The highest BCUT2D eigenvalue weighted by atomic mass is 16.5. The van der Waals surface area contributed by atoms with Crippen molar-refractivity contribution in [1.82, 2.24) is 5.32 Å². The van der Waals surface area contributed by atoms with Crippen LogP contribution in [-0.2, 0) is 11.3 Å². The molecule has 0 saturated heterocycles. The van der Waals surface area contributed by atoms with E-state index < -0.39 is 6.09 Å². The highest BCUT2D eigenvalue weighted by Crippen LogP contribution is 2.11. The first-order valence-corrected chi connectivity index (χ1v) is 6.78. The molecule has 22 heavy (non-hydrogen) atoms. The predicted molar refractivity (Wildman–Crippen MR) is 85.8 cm³/mol. The van der Waals surface area contributed by atoms with Crippen LogP contribution in [0.5, 0.6) is 0 Å². The maximum atomic E-state index is 11.5. The van der Waals surface area contributed by atoms with Gasteiger partial charge in [0.05, 0.1) is 12.2 Å². The number of nitrogens with two attached hydrogens (primary N) is 1. The van der Waals surface area contributed by atoms with Gasteiger partial charge in [-0.05, 0) is 17.7 Å². The van der Waals surface area contributed by atoms with Crippen LogP contribution in [0.4, 0.5) is 10.5 Å². The standard InChI is InChI=1S/C17H17N3O2/c18-20-16-11-5-4-9-15(16)10-6-12-19-17(21)22-13-14-7-2-1-3-8-14/h1-5,7-9,11,20H,12-13,18H2,(H,19,21). The molecule has 2 aromatic rings. The molecule has 0 bridgehead atoms. The van der Waals surface area contributed by atoms with Gasteiger partial charge in [-0.1, -0.05) is 54.3 Å². The summed E-state index contributed by atoms with van der Waals surface area (Å²) in [5.41, 5.74) is 5.01. The Morgan fingerprint density at radius 1 is 1.09 bits per heavy atom. The molecule has 0 heterocycles. The number of anilines is 1. The predicted octanol–water partition coefficient (Wildman–Crippen LogP) is 2.25. The average Bonchev–Trinajstić information content (AvgIpc) is 2.58. The van der Waals surface area contributed by atoms with E-state index in [1.807, 2.05) is 54.6 Å². The van der Waals surface area contributed by atoms with E-state index in [9.17, 15) is 4.79 Å². The van der Waals surface area contributed by atoms with Gasteiger partial charge in [0.25, 0.3) is 0 Å². The van der Waals surface area contributed by atoms with E-state index in [2.05, 4.69) is 22.6 Å². The first-order valence-electron chi connectivity index (χ1n) is 6.78. The van der Waals surface area contributed by atoms with Crippen LogP contribution in [0.1, 0.15) is 11.1 Å². The number of rotatable bonds is 4. The fraction of sp³-hybridized carbons (Fsp3) is 0.118. The molecule has 112 valence electrons. The molecule has 0 radical (unpaired) electrons. The van der Waals surface area contributed by atoms with Crippen molar-refractivity contribution in [3.8, 4) is 11.8 Å². The molecular formula is C17H17N3O2. The second-order valence-electron chi connectivity index (χ2n) is 4.41. The van der Waals surface area contributed by atoms with Gasteiger partial charge >= 0.3 is 6.09 Å². The number of alkyl carbamates (subject to hydrolysis) is 1. The minimum atomic E-state index is -0.497. The minimum absolute atomic E-state index is 0.201. The van der Waals surface area contributed by atoms with Crippen LogP contribution in [0.15, 0.2) is 54.6 Å². The third-order valence-electron chi connectivity index (χ3n) is 2.84. The van der Waals surface area contributed by atoms with Gasteiger partial charge in [0.2, 0.25) is 0 Å². The van der Waals surface area contributed by atoms with Crippen molar-refractivity contribution in [3.05, 3.63) is 65.7 Å². The number of hydrogen-bond acceptors (Lipinski definition) is 4. The van der Waals surface area contributed by atoms with Crippen molar-refractivity contribution in [2.75, 3.05) is 12.0 Å². The number of benzene rings is 2. The number of hydrogen-bond donors (Lipinski definition) is 3. The zero-order valence-corrected chi connectivity index (χ0v) is 12.0. The number of nitrogens with one attached hydrogen (secondary N) is 2. The second kappa shape index (κ2) is 8.35. The molecule has 0 spiro atoms. The number of carbonyl (C=O) groups excluding carboxylic acids is 1. The number of ether oxygens (including phenoxy) is 1. The van der Waals surface area contributed by atoms with Crippen LogP contribution in [-0.4, -0.2) is 12.6 Å². The van der Waals surface area contributed by atoms with Crippen LogP contribution in [0.25, 0.3) is 0 Å². The lowest BCUT2D eigenvalue weighted by atomic mass is 10.2. The molecular weight excluding hydrogens is 278 g/mol. The number of amides is 1. The van der Waals surface area contributed by atoms with E-state index in [1.165, 1.54) is 0 Å². The van der Waals surface area contributed by atoms with Crippen molar-refractivity contribution in [3.63, 3.8) is 0 Å². The van der Waals surface area contributed by atoms with Crippen LogP contribution >= 0.6 is 0 Å². The molecule has 4 N–H and O–H groups in total. The van der Waals surface area contributed by atoms with Gasteiger partial charge < -0.3 is 15.5 Å². The van der Waals surface area contributed by atoms with Gasteiger partial charge in [-0.3, -0.25) is 5.84 Å².